The number of aryl methyl sites for hydroxylation is 1. The second kappa shape index (κ2) is 11.1. The summed E-state index contributed by atoms with van der Waals surface area (Å²) >= 11 is 0. The first-order chi connectivity index (χ1) is 16.2. The largest absolute Gasteiger partial charge is 0.479 e. The first-order valence-corrected chi connectivity index (χ1v) is 10.9. The first kappa shape index (κ1) is 25.1. The van der Waals surface area contributed by atoms with E-state index in [1.807, 2.05) is 12.1 Å². The Morgan fingerprint density at radius 2 is 1.65 bits per heavy atom. The number of H-pyrrole nitrogens is 1. The van der Waals surface area contributed by atoms with Crippen LogP contribution in [0.25, 0.3) is 10.8 Å². The third-order valence-corrected chi connectivity index (χ3v) is 5.89. The molecule has 0 amide bonds. The van der Waals surface area contributed by atoms with Gasteiger partial charge in [0.15, 0.2) is 12.2 Å². The van der Waals surface area contributed by atoms with Crippen LogP contribution in [-0.2, 0) is 16.1 Å². The molecule has 9 heteroatoms. The van der Waals surface area contributed by atoms with E-state index in [2.05, 4.69) is 59.3 Å². The number of aromatic nitrogens is 1. The SMILES string of the molecule is Cc1cccc2c(=O)[nH]c(C3CCN(Cc4ccccc4)C3)cc12.O=C(O)[C@@H](O)[C@H](O)C(=O)O. The number of aliphatic carboxylic acids is 2. The maximum atomic E-state index is 12.4. The van der Waals surface area contributed by atoms with Crippen molar-refractivity contribution in [2.24, 2.45) is 0 Å². The summed E-state index contributed by atoms with van der Waals surface area (Å²) < 4.78 is 0. The van der Waals surface area contributed by atoms with Gasteiger partial charge in [-0.05, 0) is 48.5 Å². The molecule has 34 heavy (non-hydrogen) atoms. The molecule has 1 fully saturated rings. The Morgan fingerprint density at radius 1 is 1.00 bits per heavy atom. The summed E-state index contributed by atoms with van der Waals surface area (Å²) in [5, 5.41) is 34.4. The number of carbonyl (C=O) groups is 2. The van der Waals surface area contributed by atoms with Gasteiger partial charge in [0.25, 0.3) is 5.56 Å². The summed E-state index contributed by atoms with van der Waals surface area (Å²) in [6.45, 7) is 5.13. The van der Waals surface area contributed by atoms with E-state index in [1.165, 1.54) is 11.1 Å². The number of benzene rings is 2. The minimum absolute atomic E-state index is 0.0349. The molecule has 4 rings (SSSR count). The van der Waals surface area contributed by atoms with Crippen molar-refractivity contribution >= 4 is 22.7 Å². The van der Waals surface area contributed by atoms with Crippen LogP contribution in [0, 0.1) is 6.92 Å². The highest BCUT2D eigenvalue weighted by atomic mass is 16.4. The molecule has 0 bridgehead atoms. The average molecular weight is 469 g/mol. The molecule has 5 N–H and O–H groups in total. The van der Waals surface area contributed by atoms with Crippen LogP contribution < -0.4 is 5.56 Å². The van der Waals surface area contributed by atoms with E-state index in [9.17, 15) is 14.4 Å². The number of aromatic amines is 1. The molecule has 0 aliphatic carbocycles. The third-order valence-electron chi connectivity index (χ3n) is 5.89. The Kier molecular flexibility index (Phi) is 8.17. The lowest BCUT2D eigenvalue weighted by molar-refractivity contribution is -0.165. The fourth-order valence-corrected chi connectivity index (χ4v) is 4.02. The highest BCUT2D eigenvalue weighted by molar-refractivity contribution is 5.85. The Morgan fingerprint density at radius 3 is 2.26 bits per heavy atom. The van der Waals surface area contributed by atoms with Gasteiger partial charge in [0, 0.05) is 30.1 Å². The number of aliphatic hydroxyl groups is 2. The van der Waals surface area contributed by atoms with Crippen LogP contribution in [0.5, 0.6) is 0 Å². The van der Waals surface area contributed by atoms with Crippen LogP contribution in [0.4, 0.5) is 0 Å². The molecular formula is C25H28N2O7. The zero-order valence-corrected chi connectivity index (χ0v) is 18.7. The van der Waals surface area contributed by atoms with Gasteiger partial charge >= 0.3 is 11.9 Å². The lowest BCUT2D eigenvalue weighted by Gasteiger charge is -2.16. The van der Waals surface area contributed by atoms with Crippen molar-refractivity contribution in [2.45, 2.75) is 38.0 Å². The number of hydrogen-bond acceptors (Lipinski definition) is 6. The van der Waals surface area contributed by atoms with Gasteiger partial charge in [-0.25, -0.2) is 9.59 Å². The van der Waals surface area contributed by atoms with E-state index in [0.29, 0.717) is 5.92 Å². The second-order valence-corrected chi connectivity index (χ2v) is 8.36. The number of carboxylic acid groups (broad SMARTS) is 2. The number of aliphatic hydroxyl groups excluding tert-OH is 2. The maximum absolute atomic E-state index is 12.4. The van der Waals surface area contributed by atoms with Crippen molar-refractivity contribution in [3.05, 3.63) is 81.8 Å². The molecule has 0 radical (unpaired) electrons. The van der Waals surface area contributed by atoms with Gasteiger partial charge in [0.1, 0.15) is 0 Å². The Balaban J connectivity index is 0.000000277. The predicted molar refractivity (Wildman–Crippen MR) is 126 cm³/mol. The summed E-state index contributed by atoms with van der Waals surface area (Å²) in [5.41, 5.74) is 3.63. The van der Waals surface area contributed by atoms with Gasteiger partial charge in [0.2, 0.25) is 0 Å². The molecule has 180 valence electrons. The number of nitrogens with one attached hydrogen (secondary N) is 1. The predicted octanol–water partition coefficient (Wildman–Crippen LogP) is 1.70. The minimum atomic E-state index is -2.27. The number of carboxylic acids is 2. The van der Waals surface area contributed by atoms with Crippen molar-refractivity contribution in [3.63, 3.8) is 0 Å². The zero-order chi connectivity index (χ0) is 24.8. The molecule has 2 aromatic carbocycles. The monoisotopic (exact) mass is 468 g/mol. The van der Waals surface area contributed by atoms with Gasteiger partial charge in [0.05, 0.1) is 0 Å². The van der Waals surface area contributed by atoms with Crippen LogP contribution >= 0.6 is 0 Å². The van der Waals surface area contributed by atoms with E-state index in [0.717, 1.165) is 42.5 Å². The van der Waals surface area contributed by atoms with E-state index in [-0.39, 0.29) is 5.56 Å². The van der Waals surface area contributed by atoms with Gasteiger partial charge in [-0.2, -0.15) is 0 Å². The Bertz CT molecular complexity index is 1190. The smallest absolute Gasteiger partial charge is 0.335 e. The third kappa shape index (κ3) is 6.07. The van der Waals surface area contributed by atoms with Crippen LogP contribution in [0.15, 0.2) is 59.4 Å². The summed E-state index contributed by atoms with van der Waals surface area (Å²) in [5.74, 6) is -3.13. The highest BCUT2D eigenvalue weighted by Crippen LogP contribution is 2.28. The molecule has 9 nitrogen and oxygen atoms in total. The minimum Gasteiger partial charge on any atom is -0.479 e. The van der Waals surface area contributed by atoms with Crippen molar-refractivity contribution in [1.82, 2.24) is 9.88 Å². The molecule has 2 heterocycles. The van der Waals surface area contributed by atoms with Gasteiger partial charge in [-0.1, -0.05) is 42.5 Å². The number of likely N-dealkylation sites (tertiary alicyclic amines) is 1. The molecule has 0 saturated carbocycles. The van der Waals surface area contributed by atoms with E-state index in [1.54, 1.807) is 0 Å². The summed E-state index contributed by atoms with van der Waals surface area (Å²) in [4.78, 5) is 37.5. The second-order valence-electron chi connectivity index (χ2n) is 8.36. The van der Waals surface area contributed by atoms with Crippen molar-refractivity contribution in [1.29, 1.82) is 0 Å². The zero-order valence-electron chi connectivity index (χ0n) is 18.7. The van der Waals surface area contributed by atoms with Gasteiger partial charge < -0.3 is 25.4 Å². The molecule has 1 aliphatic heterocycles. The van der Waals surface area contributed by atoms with Crippen molar-refractivity contribution in [2.75, 3.05) is 13.1 Å². The van der Waals surface area contributed by atoms with E-state index >= 15 is 0 Å². The fourth-order valence-electron chi connectivity index (χ4n) is 4.02. The molecule has 3 aromatic rings. The molecule has 1 aliphatic rings. The average Bonchev–Trinajstić information content (AvgIpc) is 3.28. The number of nitrogens with zero attached hydrogens (tertiary/aromatic N) is 1. The lowest BCUT2D eigenvalue weighted by atomic mass is 10.00. The molecule has 1 saturated heterocycles. The number of pyridine rings is 1. The number of rotatable bonds is 6. The quantitative estimate of drug-likeness (QED) is 0.367. The molecule has 0 spiro atoms. The first-order valence-electron chi connectivity index (χ1n) is 10.9. The van der Waals surface area contributed by atoms with Gasteiger partial charge in [-0.15, -0.1) is 0 Å². The Labute approximate surface area is 195 Å². The van der Waals surface area contributed by atoms with Gasteiger partial charge in [-0.3, -0.25) is 9.69 Å². The topological polar surface area (TPSA) is 151 Å². The van der Waals surface area contributed by atoms with Crippen LogP contribution in [0.2, 0.25) is 0 Å². The fraction of sp³-hybridized carbons (Fsp3) is 0.320. The number of fused-ring (bicyclic) bond motifs is 1. The molecule has 1 aromatic heterocycles. The summed E-state index contributed by atoms with van der Waals surface area (Å²) in [6, 6.07) is 18.7. The van der Waals surface area contributed by atoms with Crippen LogP contribution in [-0.4, -0.2) is 67.5 Å². The summed E-state index contributed by atoms with van der Waals surface area (Å²) in [6.07, 6.45) is -3.44. The lowest BCUT2D eigenvalue weighted by Crippen LogP contribution is -2.39. The van der Waals surface area contributed by atoms with Crippen molar-refractivity contribution in [3.8, 4) is 0 Å². The Hall–Kier alpha value is -3.53. The van der Waals surface area contributed by atoms with E-state index in [4.69, 9.17) is 20.4 Å². The molecule has 3 atom stereocenters. The molecule has 1 unspecified atom stereocenters. The van der Waals surface area contributed by atoms with Crippen molar-refractivity contribution < 1.29 is 30.0 Å². The maximum Gasteiger partial charge on any atom is 0.335 e. The normalized spacial score (nSPS) is 17.6. The number of hydrogen-bond donors (Lipinski definition) is 5. The van der Waals surface area contributed by atoms with Crippen LogP contribution in [0.1, 0.15) is 29.2 Å². The highest BCUT2D eigenvalue weighted by Gasteiger charge is 2.29. The standard InChI is InChI=1S/C21H22N2O.C4H6O6/c1-15-6-5-9-18-19(15)12-20(22-21(18)24)17-10-11-23(14-17)13-16-7-3-2-4-8-16;5-1(3(7)8)2(6)4(9)10/h2-9,12,17H,10-11,13-14H2,1H3,(H,22,24);1-2,5-6H,(H,7,8)(H,9,10)/t;1-,2-/m.0/s1. The van der Waals surface area contributed by atoms with E-state index < -0.39 is 24.1 Å². The van der Waals surface area contributed by atoms with Crippen LogP contribution in [0.3, 0.4) is 0 Å². The molecular weight excluding hydrogens is 440 g/mol. The summed E-state index contributed by atoms with van der Waals surface area (Å²) in [7, 11) is 0.